The molecular weight excluding hydrogens is 252 g/mol. The maximum atomic E-state index is 10.9. The average molecular weight is 268 g/mol. The van der Waals surface area contributed by atoms with Gasteiger partial charge in [0.2, 0.25) is 11.8 Å². The van der Waals surface area contributed by atoms with Crippen molar-refractivity contribution >= 4 is 17.5 Å². The summed E-state index contributed by atoms with van der Waals surface area (Å²) in [6.07, 6.45) is 3.21. The van der Waals surface area contributed by atoms with Crippen molar-refractivity contribution in [2.24, 2.45) is 11.8 Å². The average Bonchev–Trinajstić information content (AvgIpc) is 2.81. The van der Waals surface area contributed by atoms with Gasteiger partial charge in [-0.15, -0.1) is 0 Å². The van der Waals surface area contributed by atoms with Gasteiger partial charge in [-0.2, -0.15) is 4.98 Å². The first-order chi connectivity index (χ1) is 9.10. The maximum Gasteiger partial charge on any atom is 0.329 e. The zero-order valence-electron chi connectivity index (χ0n) is 10.2. The molecule has 0 spiro atoms. The van der Waals surface area contributed by atoms with E-state index in [2.05, 4.69) is 20.7 Å². The normalized spacial score (nSPS) is 22.2. The van der Waals surface area contributed by atoms with Crippen LogP contribution >= 0.6 is 0 Å². The number of hydrogen-bond acceptors (Lipinski definition) is 8. The smallest absolute Gasteiger partial charge is 0.329 e. The predicted molar refractivity (Wildman–Crippen MR) is 68.3 cm³/mol. The molecule has 0 amide bonds. The van der Waals surface area contributed by atoms with Gasteiger partial charge in [-0.25, -0.2) is 10.8 Å². The Morgan fingerprint density at radius 3 is 2.95 bits per heavy atom. The summed E-state index contributed by atoms with van der Waals surface area (Å²) in [6, 6.07) is 0. The molecule has 0 bridgehead atoms. The van der Waals surface area contributed by atoms with Gasteiger partial charge >= 0.3 is 5.69 Å². The van der Waals surface area contributed by atoms with Crippen LogP contribution in [0.4, 0.5) is 17.5 Å². The third-order valence-electron chi connectivity index (χ3n) is 3.17. The summed E-state index contributed by atoms with van der Waals surface area (Å²) in [7, 11) is 0. The number of hydrogen-bond donors (Lipinski definition) is 4. The fourth-order valence-corrected chi connectivity index (χ4v) is 2.18. The number of rotatable bonds is 5. The van der Waals surface area contributed by atoms with Gasteiger partial charge in [0, 0.05) is 6.54 Å². The molecule has 9 heteroatoms. The van der Waals surface area contributed by atoms with Crippen molar-refractivity contribution in [3.05, 3.63) is 16.3 Å². The molecule has 0 aliphatic heterocycles. The van der Waals surface area contributed by atoms with Crippen molar-refractivity contribution in [2.45, 2.75) is 25.4 Å². The van der Waals surface area contributed by atoms with Crippen molar-refractivity contribution in [3.63, 3.8) is 0 Å². The van der Waals surface area contributed by atoms with Crippen LogP contribution in [0.15, 0.2) is 6.20 Å². The minimum atomic E-state index is -0.549. The van der Waals surface area contributed by atoms with Crippen molar-refractivity contribution in [3.8, 4) is 0 Å². The van der Waals surface area contributed by atoms with E-state index < -0.39 is 4.92 Å². The number of aliphatic hydroxyl groups is 1. The van der Waals surface area contributed by atoms with Gasteiger partial charge in [-0.1, -0.05) is 0 Å². The van der Waals surface area contributed by atoms with Gasteiger partial charge in [0.25, 0.3) is 0 Å². The standard InChI is InChI=1S/C10H16N6O3/c11-15-10-13-5-8(16(18)19)9(14-10)12-4-6-1-2-7(17)3-6/h5-7,17H,1-4,11H2,(H2,12,13,14,15). The van der Waals surface area contributed by atoms with Crippen molar-refractivity contribution in [2.75, 3.05) is 17.3 Å². The van der Waals surface area contributed by atoms with Gasteiger partial charge in [0.15, 0.2) is 0 Å². The van der Waals surface area contributed by atoms with Crippen LogP contribution in [-0.4, -0.2) is 32.6 Å². The zero-order chi connectivity index (χ0) is 13.8. The quantitative estimate of drug-likeness (QED) is 0.338. The van der Waals surface area contributed by atoms with E-state index in [-0.39, 0.29) is 23.6 Å². The molecular formula is C10H16N6O3. The molecule has 2 rings (SSSR count). The Bertz CT molecular complexity index is 469. The number of anilines is 2. The summed E-state index contributed by atoms with van der Waals surface area (Å²) in [5.74, 6) is 5.71. The molecule has 1 aromatic heterocycles. The Labute approximate surface area is 109 Å². The number of hydrazine groups is 1. The number of nitro groups is 1. The van der Waals surface area contributed by atoms with Gasteiger partial charge in [0.1, 0.15) is 6.20 Å². The van der Waals surface area contributed by atoms with E-state index in [0.717, 1.165) is 19.0 Å². The Morgan fingerprint density at radius 1 is 1.58 bits per heavy atom. The first-order valence-corrected chi connectivity index (χ1v) is 6.00. The SMILES string of the molecule is NNc1ncc([N+](=O)[O-])c(NCC2CCC(O)C2)n1. The van der Waals surface area contributed by atoms with Crippen LogP contribution in [0.1, 0.15) is 19.3 Å². The molecule has 1 aliphatic carbocycles. The highest BCUT2D eigenvalue weighted by molar-refractivity contribution is 5.56. The first kappa shape index (κ1) is 13.4. The molecule has 1 fully saturated rings. The largest absolute Gasteiger partial charge is 0.393 e. The van der Waals surface area contributed by atoms with E-state index in [9.17, 15) is 15.2 Å². The van der Waals surface area contributed by atoms with Crippen LogP contribution < -0.4 is 16.6 Å². The molecule has 1 aromatic rings. The summed E-state index contributed by atoms with van der Waals surface area (Å²) in [5, 5.41) is 23.2. The topological polar surface area (TPSA) is 139 Å². The Balaban J connectivity index is 2.06. The van der Waals surface area contributed by atoms with Crippen LogP contribution in [0, 0.1) is 16.0 Å². The first-order valence-electron chi connectivity index (χ1n) is 6.00. The molecule has 5 N–H and O–H groups in total. The van der Waals surface area contributed by atoms with Crippen molar-refractivity contribution in [1.29, 1.82) is 0 Å². The molecule has 0 aromatic carbocycles. The monoisotopic (exact) mass is 268 g/mol. The fourth-order valence-electron chi connectivity index (χ4n) is 2.18. The van der Waals surface area contributed by atoms with Crippen LogP contribution in [0.25, 0.3) is 0 Å². The van der Waals surface area contributed by atoms with Gasteiger partial charge in [-0.3, -0.25) is 15.5 Å². The zero-order valence-corrected chi connectivity index (χ0v) is 10.2. The lowest BCUT2D eigenvalue weighted by molar-refractivity contribution is -0.384. The van der Waals surface area contributed by atoms with Crippen molar-refractivity contribution in [1.82, 2.24) is 9.97 Å². The molecule has 9 nitrogen and oxygen atoms in total. The van der Waals surface area contributed by atoms with Gasteiger partial charge in [0.05, 0.1) is 11.0 Å². The van der Waals surface area contributed by atoms with E-state index in [0.29, 0.717) is 18.9 Å². The molecule has 1 saturated carbocycles. The lowest BCUT2D eigenvalue weighted by atomic mass is 10.1. The Hall–Kier alpha value is -2.00. The molecule has 0 radical (unpaired) electrons. The molecule has 2 atom stereocenters. The Kier molecular flexibility index (Phi) is 4.07. The minimum Gasteiger partial charge on any atom is -0.393 e. The third-order valence-corrected chi connectivity index (χ3v) is 3.17. The molecule has 19 heavy (non-hydrogen) atoms. The number of nitrogens with zero attached hydrogens (tertiary/aromatic N) is 3. The van der Waals surface area contributed by atoms with E-state index in [1.165, 1.54) is 0 Å². The van der Waals surface area contributed by atoms with E-state index in [4.69, 9.17) is 5.84 Å². The lowest BCUT2D eigenvalue weighted by Gasteiger charge is -2.11. The fraction of sp³-hybridized carbons (Fsp3) is 0.600. The van der Waals surface area contributed by atoms with E-state index >= 15 is 0 Å². The molecule has 0 saturated heterocycles. The van der Waals surface area contributed by atoms with Crippen LogP contribution in [-0.2, 0) is 0 Å². The van der Waals surface area contributed by atoms with Crippen molar-refractivity contribution < 1.29 is 10.0 Å². The second-order valence-corrected chi connectivity index (χ2v) is 4.54. The minimum absolute atomic E-state index is 0.111. The second kappa shape index (κ2) is 5.76. The number of nitrogen functional groups attached to an aromatic ring is 1. The highest BCUT2D eigenvalue weighted by Gasteiger charge is 2.24. The third kappa shape index (κ3) is 3.26. The molecule has 1 aliphatic rings. The van der Waals surface area contributed by atoms with Crippen LogP contribution in [0.5, 0.6) is 0 Å². The second-order valence-electron chi connectivity index (χ2n) is 4.54. The van der Waals surface area contributed by atoms with Crippen LogP contribution in [0.2, 0.25) is 0 Å². The summed E-state index contributed by atoms with van der Waals surface area (Å²) in [6.45, 7) is 0.527. The number of aliphatic hydroxyl groups excluding tert-OH is 1. The summed E-state index contributed by atoms with van der Waals surface area (Å²) in [5.41, 5.74) is 2.05. The maximum absolute atomic E-state index is 10.9. The van der Waals surface area contributed by atoms with E-state index in [1.54, 1.807) is 0 Å². The van der Waals surface area contributed by atoms with Crippen LogP contribution in [0.3, 0.4) is 0 Å². The van der Waals surface area contributed by atoms with Gasteiger partial charge < -0.3 is 10.4 Å². The predicted octanol–water partition coefficient (Wildman–Crippen LogP) is 0.243. The summed E-state index contributed by atoms with van der Waals surface area (Å²) < 4.78 is 0. The summed E-state index contributed by atoms with van der Waals surface area (Å²) in [4.78, 5) is 17.9. The number of nitrogens with one attached hydrogen (secondary N) is 2. The lowest BCUT2D eigenvalue weighted by Crippen LogP contribution is -2.16. The Morgan fingerprint density at radius 2 is 2.37 bits per heavy atom. The number of nitrogens with two attached hydrogens (primary N) is 1. The molecule has 104 valence electrons. The van der Waals surface area contributed by atoms with E-state index in [1.807, 2.05) is 0 Å². The molecule has 2 unspecified atom stereocenters. The van der Waals surface area contributed by atoms with Gasteiger partial charge in [-0.05, 0) is 25.2 Å². The summed E-state index contributed by atoms with van der Waals surface area (Å²) >= 11 is 0. The highest BCUT2D eigenvalue weighted by Crippen LogP contribution is 2.27. The number of aromatic nitrogens is 2. The highest BCUT2D eigenvalue weighted by atomic mass is 16.6. The molecule has 1 heterocycles.